The van der Waals surface area contributed by atoms with Crippen LogP contribution in [-0.4, -0.2) is 51.2 Å². The first-order chi connectivity index (χ1) is 11.9. The average Bonchev–Trinajstić information content (AvgIpc) is 3.17. The molecule has 0 N–H and O–H groups in total. The maximum Gasteiger partial charge on any atom is 0.230 e. The van der Waals surface area contributed by atoms with E-state index in [-0.39, 0.29) is 0 Å². The Kier molecular flexibility index (Phi) is 3.45. The number of rotatable bonds is 4. The van der Waals surface area contributed by atoms with Crippen LogP contribution in [0.2, 0.25) is 0 Å². The lowest BCUT2D eigenvalue weighted by Gasteiger charge is -2.34. The number of thiophene rings is 1. The molecule has 1 aliphatic heterocycles. The quantitative estimate of drug-likeness (QED) is 0.720. The van der Waals surface area contributed by atoms with Crippen LogP contribution in [0.1, 0.15) is 30.5 Å². The largest absolute Gasteiger partial charge is 0.424 e. The van der Waals surface area contributed by atoms with Crippen molar-refractivity contribution in [3.8, 4) is 0 Å². The van der Waals surface area contributed by atoms with E-state index in [1.165, 1.54) is 12.8 Å². The molecule has 0 spiro atoms. The van der Waals surface area contributed by atoms with Crippen molar-refractivity contribution in [2.45, 2.75) is 25.3 Å². The fraction of sp³-hybridized carbons (Fsp3) is 0.500. The molecule has 1 aliphatic carbocycles. The summed E-state index contributed by atoms with van der Waals surface area (Å²) in [5.74, 6) is 3.14. The standard InChI is InChI=1S/C16H18N6OS/c1-2-11(1)15-20-19-13(23-15)9-21-4-6-22(7-5-21)14-12-3-8-24-16(12)18-10-17-14/h3,8,10-11H,1-2,4-7,9H2. The highest BCUT2D eigenvalue weighted by Crippen LogP contribution is 2.39. The third-order valence-corrected chi connectivity index (χ3v) is 5.50. The van der Waals surface area contributed by atoms with Gasteiger partial charge in [0.1, 0.15) is 17.0 Å². The molecule has 0 atom stereocenters. The molecule has 3 aromatic rings. The molecule has 2 fully saturated rings. The second kappa shape index (κ2) is 5.78. The highest BCUT2D eigenvalue weighted by Gasteiger charge is 2.30. The fourth-order valence-electron chi connectivity index (χ4n) is 3.16. The number of hydrogen-bond donors (Lipinski definition) is 0. The lowest BCUT2D eigenvalue weighted by atomic mass is 10.2. The first-order valence-corrected chi connectivity index (χ1v) is 9.22. The van der Waals surface area contributed by atoms with Crippen LogP contribution in [0.15, 0.2) is 22.2 Å². The van der Waals surface area contributed by atoms with Crippen LogP contribution >= 0.6 is 11.3 Å². The zero-order chi connectivity index (χ0) is 15.9. The molecular weight excluding hydrogens is 324 g/mol. The van der Waals surface area contributed by atoms with Crippen LogP contribution in [0.3, 0.4) is 0 Å². The lowest BCUT2D eigenvalue weighted by molar-refractivity contribution is 0.224. The van der Waals surface area contributed by atoms with Crippen molar-refractivity contribution in [2.24, 2.45) is 0 Å². The summed E-state index contributed by atoms with van der Waals surface area (Å²) in [5, 5.41) is 11.6. The second-order valence-electron chi connectivity index (χ2n) is 6.41. The molecule has 24 heavy (non-hydrogen) atoms. The summed E-state index contributed by atoms with van der Waals surface area (Å²) in [5.41, 5.74) is 0. The van der Waals surface area contributed by atoms with Gasteiger partial charge >= 0.3 is 0 Å². The molecule has 0 amide bonds. The highest BCUT2D eigenvalue weighted by molar-refractivity contribution is 7.16. The first-order valence-electron chi connectivity index (χ1n) is 8.34. The molecule has 3 aromatic heterocycles. The Labute approximate surface area is 143 Å². The second-order valence-corrected chi connectivity index (χ2v) is 7.30. The van der Waals surface area contributed by atoms with Gasteiger partial charge in [0.15, 0.2) is 0 Å². The minimum atomic E-state index is 0.522. The summed E-state index contributed by atoms with van der Waals surface area (Å²) >= 11 is 1.66. The molecule has 0 bridgehead atoms. The number of piperazine rings is 1. The van der Waals surface area contributed by atoms with Crippen LogP contribution < -0.4 is 4.90 Å². The molecule has 7 nitrogen and oxygen atoms in total. The Morgan fingerprint density at radius 3 is 2.83 bits per heavy atom. The van der Waals surface area contributed by atoms with E-state index in [0.29, 0.717) is 5.92 Å². The maximum atomic E-state index is 5.77. The lowest BCUT2D eigenvalue weighted by Crippen LogP contribution is -2.46. The summed E-state index contributed by atoms with van der Waals surface area (Å²) < 4.78 is 5.77. The molecule has 1 saturated heterocycles. The van der Waals surface area contributed by atoms with Gasteiger partial charge in [0.05, 0.1) is 11.9 Å². The van der Waals surface area contributed by atoms with E-state index in [1.807, 2.05) is 0 Å². The van der Waals surface area contributed by atoms with Gasteiger partial charge in [-0.05, 0) is 24.3 Å². The number of hydrogen-bond acceptors (Lipinski definition) is 8. The Hall–Kier alpha value is -2.06. The molecule has 8 heteroatoms. The summed E-state index contributed by atoms with van der Waals surface area (Å²) in [6.45, 7) is 4.58. The van der Waals surface area contributed by atoms with Crippen molar-refractivity contribution in [1.82, 2.24) is 25.1 Å². The van der Waals surface area contributed by atoms with E-state index >= 15 is 0 Å². The van der Waals surface area contributed by atoms with Gasteiger partial charge in [0.25, 0.3) is 0 Å². The Morgan fingerprint density at radius 1 is 1.12 bits per heavy atom. The van der Waals surface area contributed by atoms with E-state index in [0.717, 1.165) is 60.5 Å². The minimum Gasteiger partial charge on any atom is -0.424 e. The van der Waals surface area contributed by atoms with E-state index in [9.17, 15) is 0 Å². The average molecular weight is 342 g/mol. The summed E-state index contributed by atoms with van der Waals surface area (Å²) in [7, 11) is 0. The van der Waals surface area contributed by atoms with Crippen molar-refractivity contribution < 1.29 is 4.42 Å². The van der Waals surface area contributed by atoms with E-state index in [2.05, 4.69) is 41.4 Å². The molecule has 0 unspecified atom stereocenters. The van der Waals surface area contributed by atoms with E-state index < -0.39 is 0 Å². The van der Waals surface area contributed by atoms with E-state index in [1.54, 1.807) is 17.7 Å². The molecule has 1 saturated carbocycles. The smallest absolute Gasteiger partial charge is 0.230 e. The molecule has 124 valence electrons. The van der Waals surface area contributed by atoms with Crippen LogP contribution in [0.5, 0.6) is 0 Å². The normalized spacial score (nSPS) is 19.2. The third-order valence-electron chi connectivity index (χ3n) is 4.68. The SMILES string of the molecule is c1nc(N2CCN(Cc3nnc(C4CC4)o3)CC2)c2ccsc2n1. The molecule has 2 aliphatic rings. The first kappa shape index (κ1) is 14.3. The molecule has 0 aromatic carbocycles. The van der Waals surface area contributed by atoms with Crippen LogP contribution in [0, 0.1) is 0 Å². The van der Waals surface area contributed by atoms with Gasteiger partial charge in [-0.1, -0.05) is 0 Å². The van der Waals surface area contributed by atoms with Gasteiger partial charge < -0.3 is 9.32 Å². The van der Waals surface area contributed by atoms with E-state index in [4.69, 9.17) is 4.42 Å². The third kappa shape index (κ3) is 2.65. The zero-order valence-electron chi connectivity index (χ0n) is 13.3. The highest BCUT2D eigenvalue weighted by atomic mass is 32.1. The summed E-state index contributed by atoms with van der Waals surface area (Å²) in [6.07, 6.45) is 4.05. The van der Waals surface area contributed by atoms with Crippen molar-refractivity contribution >= 4 is 27.4 Å². The van der Waals surface area contributed by atoms with Gasteiger partial charge in [-0.2, -0.15) is 0 Å². The van der Waals surface area contributed by atoms with Crippen molar-refractivity contribution in [3.63, 3.8) is 0 Å². The summed E-state index contributed by atoms with van der Waals surface area (Å²) in [6, 6.07) is 2.11. The van der Waals surface area contributed by atoms with Crippen molar-refractivity contribution in [1.29, 1.82) is 0 Å². The zero-order valence-corrected chi connectivity index (χ0v) is 14.1. The van der Waals surface area contributed by atoms with Gasteiger partial charge in [0, 0.05) is 32.1 Å². The monoisotopic (exact) mass is 342 g/mol. The summed E-state index contributed by atoms with van der Waals surface area (Å²) in [4.78, 5) is 14.6. The minimum absolute atomic E-state index is 0.522. The predicted molar refractivity (Wildman–Crippen MR) is 91.2 cm³/mol. The van der Waals surface area contributed by atoms with Gasteiger partial charge in [-0.25, -0.2) is 9.97 Å². The van der Waals surface area contributed by atoms with Gasteiger partial charge in [-0.3, -0.25) is 4.90 Å². The molecular formula is C16H18N6OS. The molecule has 0 radical (unpaired) electrons. The van der Waals surface area contributed by atoms with Crippen LogP contribution in [0.4, 0.5) is 5.82 Å². The van der Waals surface area contributed by atoms with Crippen molar-refractivity contribution in [3.05, 3.63) is 29.6 Å². The van der Waals surface area contributed by atoms with Gasteiger partial charge in [-0.15, -0.1) is 21.5 Å². The number of nitrogens with zero attached hydrogens (tertiary/aromatic N) is 6. The van der Waals surface area contributed by atoms with Gasteiger partial charge in [0.2, 0.25) is 11.8 Å². The molecule has 4 heterocycles. The Bertz CT molecular complexity index is 849. The Morgan fingerprint density at radius 2 is 2.00 bits per heavy atom. The van der Waals surface area contributed by atoms with Crippen LogP contribution in [0.25, 0.3) is 10.2 Å². The van der Waals surface area contributed by atoms with Crippen LogP contribution in [-0.2, 0) is 6.54 Å². The maximum absolute atomic E-state index is 5.77. The number of anilines is 1. The topological polar surface area (TPSA) is 71.2 Å². The fourth-order valence-corrected chi connectivity index (χ4v) is 3.89. The number of aromatic nitrogens is 4. The van der Waals surface area contributed by atoms with Crippen molar-refractivity contribution in [2.75, 3.05) is 31.1 Å². The Balaban J connectivity index is 1.24. The molecule has 5 rings (SSSR count). The predicted octanol–water partition coefficient (Wildman–Crippen LogP) is 2.27. The number of fused-ring (bicyclic) bond motifs is 1.